The van der Waals surface area contributed by atoms with E-state index in [1.165, 1.54) is 16.7 Å². The second-order valence-electron chi connectivity index (χ2n) is 5.48. The highest BCUT2D eigenvalue weighted by molar-refractivity contribution is 5.61. The second-order valence-corrected chi connectivity index (χ2v) is 5.48. The summed E-state index contributed by atoms with van der Waals surface area (Å²) in [6.45, 7) is 3.94. The van der Waals surface area contributed by atoms with Crippen molar-refractivity contribution in [3.63, 3.8) is 0 Å². The van der Waals surface area contributed by atoms with Crippen LogP contribution in [0.15, 0.2) is 67.3 Å². The van der Waals surface area contributed by atoms with Crippen LogP contribution in [0.25, 0.3) is 6.08 Å². The standard InChI is InChI=1S/C19H19N/c1-2-12-19(17-7-9-18(20)10-8-17)13-11-15-5-3-4-6-16(15)14-19/h2-11,13H,1,12,14,20H2. The van der Waals surface area contributed by atoms with Gasteiger partial charge in [-0.25, -0.2) is 0 Å². The number of hydrogen-bond donors (Lipinski definition) is 1. The van der Waals surface area contributed by atoms with E-state index in [1.807, 2.05) is 18.2 Å². The summed E-state index contributed by atoms with van der Waals surface area (Å²) in [6.07, 6.45) is 8.51. The fourth-order valence-electron chi connectivity index (χ4n) is 3.03. The molecule has 0 amide bonds. The van der Waals surface area contributed by atoms with Crippen molar-refractivity contribution < 1.29 is 0 Å². The van der Waals surface area contributed by atoms with E-state index >= 15 is 0 Å². The van der Waals surface area contributed by atoms with E-state index < -0.39 is 0 Å². The molecular formula is C19H19N. The molecule has 1 aliphatic rings. The molecule has 0 fully saturated rings. The van der Waals surface area contributed by atoms with Gasteiger partial charge < -0.3 is 5.73 Å². The lowest BCUT2D eigenvalue weighted by atomic mass is 9.69. The largest absolute Gasteiger partial charge is 0.399 e. The first-order chi connectivity index (χ1) is 9.73. The van der Waals surface area contributed by atoms with E-state index in [-0.39, 0.29) is 5.41 Å². The lowest BCUT2D eigenvalue weighted by molar-refractivity contribution is 0.536. The van der Waals surface area contributed by atoms with Gasteiger partial charge in [-0.05, 0) is 41.7 Å². The Morgan fingerprint density at radius 3 is 2.60 bits per heavy atom. The van der Waals surface area contributed by atoms with Crippen LogP contribution in [0.2, 0.25) is 0 Å². The van der Waals surface area contributed by atoms with Gasteiger partial charge in [0.05, 0.1) is 0 Å². The highest BCUT2D eigenvalue weighted by Crippen LogP contribution is 2.39. The minimum absolute atomic E-state index is 0.00377. The van der Waals surface area contributed by atoms with Crippen molar-refractivity contribution >= 4 is 11.8 Å². The van der Waals surface area contributed by atoms with Crippen LogP contribution >= 0.6 is 0 Å². The van der Waals surface area contributed by atoms with Crippen LogP contribution in [0.1, 0.15) is 23.1 Å². The van der Waals surface area contributed by atoms with Crippen LogP contribution in [0.3, 0.4) is 0 Å². The first-order valence-electron chi connectivity index (χ1n) is 6.98. The molecule has 100 valence electrons. The molecule has 2 aromatic carbocycles. The van der Waals surface area contributed by atoms with Crippen LogP contribution in [-0.2, 0) is 11.8 Å². The SMILES string of the molecule is C=CCC1(c2ccc(N)cc2)C=Cc2ccccc2C1. The van der Waals surface area contributed by atoms with Gasteiger partial charge in [0.1, 0.15) is 0 Å². The Balaban J connectivity index is 2.07. The van der Waals surface area contributed by atoms with Crippen molar-refractivity contribution in [2.24, 2.45) is 0 Å². The molecule has 1 aliphatic carbocycles. The molecule has 3 rings (SSSR count). The number of allylic oxidation sites excluding steroid dienone is 2. The van der Waals surface area contributed by atoms with Gasteiger partial charge in [0.15, 0.2) is 0 Å². The van der Waals surface area contributed by atoms with Crippen molar-refractivity contribution in [3.05, 3.63) is 84.0 Å². The number of hydrogen-bond acceptors (Lipinski definition) is 1. The maximum atomic E-state index is 5.81. The van der Waals surface area contributed by atoms with E-state index in [1.54, 1.807) is 0 Å². The molecule has 0 radical (unpaired) electrons. The van der Waals surface area contributed by atoms with E-state index in [2.05, 4.69) is 55.1 Å². The van der Waals surface area contributed by atoms with E-state index in [4.69, 9.17) is 5.73 Å². The summed E-state index contributed by atoms with van der Waals surface area (Å²) >= 11 is 0. The monoisotopic (exact) mass is 261 g/mol. The Kier molecular flexibility index (Phi) is 3.19. The number of nitrogen functional groups attached to an aromatic ring is 1. The molecule has 0 bridgehead atoms. The molecule has 0 spiro atoms. The first-order valence-corrected chi connectivity index (χ1v) is 6.98. The number of fused-ring (bicyclic) bond motifs is 1. The Morgan fingerprint density at radius 2 is 1.85 bits per heavy atom. The van der Waals surface area contributed by atoms with Gasteiger partial charge in [0.2, 0.25) is 0 Å². The Bertz CT molecular complexity index is 652. The Labute approximate surface area is 120 Å². The van der Waals surface area contributed by atoms with Gasteiger partial charge in [-0.1, -0.05) is 54.6 Å². The van der Waals surface area contributed by atoms with Gasteiger partial charge in [-0.2, -0.15) is 0 Å². The van der Waals surface area contributed by atoms with E-state index in [0.717, 1.165) is 18.5 Å². The highest BCUT2D eigenvalue weighted by Gasteiger charge is 2.31. The Morgan fingerprint density at radius 1 is 1.10 bits per heavy atom. The zero-order valence-electron chi connectivity index (χ0n) is 11.5. The number of rotatable bonds is 3. The molecule has 1 atom stereocenters. The predicted molar refractivity (Wildman–Crippen MR) is 86.5 cm³/mol. The Hall–Kier alpha value is -2.28. The summed E-state index contributed by atoms with van der Waals surface area (Å²) in [4.78, 5) is 0. The summed E-state index contributed by atoms with van der Waals surface area (Å²) in [5.74, 6) is 0. The van der Waals surface area contributed by atoms with Crippen molar-refractivity contribution in [1.82, 2.24) is 0 Å². The summed E-state index contributed by atoms with van der Waals surface area (Å²) < 4.78 is 0. The maximum Gasteiger partial charge on any atom is 0.0314 e. The second kappa shape index (κ2) is 5.01. The molecule has 0 heterocycles. The van der Waals surface area contributed by atoms with Gasteiger partial charge in [0.25, 0.3) is 0 Å². The summed E-state index contributed by atoms with van der Waals surface area (Å²) in [5, 5.41) is 0. The molecule has 0 aromatic heterocycles. The normalized spacial score (nSPS) is 20.4. The smallest absolute Gasteiger partial charge is 0.0314 e. The average molecular weight is 261 g/mol. The van der Waals surface area contributed by atoms with Crippen molar-refractivity contribution in [2.75, 3.05) is 5.73 Å². The number of benzene rings is 2. The van der Waals surface area contributed by atoms with Crippen LogP contribution in [0.4, 0.5) is 5.69 Å². The van der Waals surface area contributed by atoms with Crippen LogP contribution in [0.5, 0.6) is 0 Å². The fourth-order valence-corrected chi connectivity index (χ4v) is 3.03. The molecule has 2 aromatic rings. The molecule has 20 heavy (non-hydrogen) atoms. The molecule has 0 saturated heterocycles. The minimum atomic E-state index is 0.00377. The van der Waals surface area contributed by atoms with Crippen molar-refractivity contribution in [1.29, 1.82) is 0 Å². The quantitative estimate of drug-likeness (QED) is 0.645. The molecule has 0 aliphatic heterocycles. The number of nitrogens with two attached hydrogens (primary N) is 1. The van der Waals surface area contributed by atoms with Crippen molar-refractivity contribution in [3.8, 4) is 0 Å². The molecule has 1 heteroatoms. The third-order valence-corrected chi connectivity index (χ3v) is 4.14. The molecule has 0 saturated carbocycles. The van der Waals surface area contributed by atoms with Gasteiger partial charge >= 0.3 is 0 Å². The summed E-state index contributed by atoms with van der Waals surface area (Å²) in [7, 11) is 0. The van der Waals surface area contributed by atoms with Gasteiger partial charge in [-0.3, -0.25) is 0 Å². The lowest BCUT2D eigenvalue weighted by Gasteiger charge is -2.34. The first kappa shape index (κ1) is 12.7. The fraction of sp³-hybridized carbons (Fsp3) is 0.158. The third kappa shape index (κ3) is 2.16. The third-order valence-electron chi connectivity index (χ3n) is 4.14. The average Bonchev–Trinajstić information content (AvgIpc) is 2.48. The molecule has 1 unspecified atom stereocenters. The van der Waals surface area contributed by atoms with Crippen LogP contribution in [0, 0.1) is 0 Å². The van der Waals surface area contributed by atoms with Crippen molar-refractivity contribution in [2.45, 2.75) is 18.3 Å². The van der Waals surface area contributed by atoms with E-state index in [9.17, 15) is 0 Å². The van der Waals surface area contributed by atoms with Crippen LogP contribution in [-0.4, -0.2) is 0 Å². The van der Waals surface area contributed by atoms with E-state index in [0.29, 0.717) is 0 Å². The number of anilines is 1. The highest BCUT2D eigenvalue weighted by atomic mass is 14.5. The summed E-state index contributed by atoms with van der Waals surface area (Å²) in [5.41, 5.74) is 10.6. The molecular weight excluding hydrogens is 242 g/mol. The zero-order chi connectivity index (χ0) is 14.0. The zero-order valence-corrected chi connectivity index (χ0v) is 11.5. The van der Waals surface area contributed by atoms with Gasteiger partial charge in [0, 0.05) is 11.1 Å². The van der Waals surface area contributed by atoms with Gasteiger partial charge in [-0.15, -0.1) is 6.58 Å². The summed E-state index contributed by atoms with van der Waals surface area (Å²) in [6, 6.07) is 16.8. The maximum absolute atomic E-state index is 5.81. The molecule has 2 N–H and O–H groups in total. The minimum Gasteiger partial charge on any atom is -0.399 e. The topological polar surface area (TPSA) is 26.0 Å². The lowest BCUT2D eigenvalue weighted by Crippen LogP contribution is -2.28. The predicted octanol–water partition coefficient (Wildman–Crippen LogP) is 4.35. The molecule has 1 nitrogen and oxygen atoms in total. The van der Waals surface area contributed by atoms with Crippen LogP contribution < -0.4 is 5.73 Å².